The minimum atomic E-state index is -2.47. The van der Waals surface area contributed by atoms with Crippen LogP contribution in [0.3, 0.4) is 0 Å². The average molecular weight is 278 g/mol. The topological polar surface area (TPSA) is 49.5 Å². The van der Waals surface area contributed by atoms with E-state index in [-0.39, 0.29) is 0 Å². The van der Waals surface area contributed by atoms with Crippen LogP contribution in [-0.4, -0.2) is 54.5 Å². The molecule has 0 aliphatic carbocycles. The highest BCUT2D eigenvalue weighted by atomic mass is 28.4. The maximum atomic E-state index is 5.76. The van der Waals surface area contributed by atoms with Crippen molar-refractivity contribution in [2.24, 2.45) is 0 Å². The summed E-state index contributed by atoms with van der Waals surface area (Å²) < 4.78 is 27.9. The molecule has 1 aliphatic rings. The van der Waals surface area contributed by atoms with Gasteiger partial charge in [0.25, 0.3) is 0 Å². The van der Waals surface area contributed by atoms with Crippen molar-refractivity contribution in [1.29, 1.82) is 0 Å². The summed E-state index contributed by atoms with van der Waals surface area (Å²) in [6.45, 7) is 10.1. The molecule has 0 amide bonds. The van der Waals surface area contributed by atoms with Crippen LogP contribution in [0.1, 0.15) is 27.2 Å². The first-order valence-electron chi connectivity index (χ1n) is 6.87. The fourth-order valence-electron chi connectivity index (χ4n) is 1.77. The van der Waals surface area contributed by atoms with Gasteiger partial charge < -0.3 is 22.8 Å². The van der Waals surface area contributed by atoms with Crippen molar-refractivity contribution in [3.05, 3.63) is 0 Å². The zero-order chi connectivity index (χ0) is 13.3. The second-order valence-electron chi connectivity index (χ2n) is 4.12. The smallest absolute Gasteiger partial charge is 0.379 e. The van der Waals surface area contributed by atoms with Crippen LogP contribution in [0.15, 0.2) is 0 Å². The maximum absolute atomic E-state index is 5.76. The molecule has 18 heavy (non-hydrogen) atoms. The molecule has 1 rings (SSSR count). The van der Waals surface area contributed by atoms with E-state index in [4.69, 9.17) is 22.8 Å². The third-order valence-electron chi connectivity index (χ3n) is 2.57. The van der Waals surface area contributed by atoms with Gasteiger partial charge >= 0.3 is 8.80 Å². The molecule has 0 aromatic rings. The van der Waals surface area contributed by atoms with E-state index in [0.717, 1.165) is 19.1 Å². The van der Waals surface area contributed by atoms with Gasteiger partial charge in [-0.25, -0.2) is 0 Å². The Morgan fingerprint density at radius 1 is 1.06 bits per heavy atom. The van der Waals surface area contributed by atoms with E-state index >= 15 is 0 Å². The fourth-order valence-corrected chi connectivity index (χ4v) is 4.35. The molecule has 0 aromatic heterocycles. The van der Waals surface area contributed by atoms with Gasteiger partial charge in [-0.2, -0.15) is 0 Å². The standard InChI is InChI=1S/C12H26O5Si/c1-4-15-18(16-5-2,17-6-3)9-7-8-13-10-12-11-14-12/h12H,4-11H2,1-3H3/t12-/m0/s1. The second kappa shape index (κ2) is 9.01. The molecular weight excluding hydrogens is 252 g/mol. The van der Waals surface area contributed by atoms with Crippen molar-refractivity contribution in [3.8, 4) is 0 Å². The molecule has 5 nitrogen and oxygen atoms in total. The summed E-state index contributed by atoms with van der Waals surface area (Å²) in [7, 11) is -2.47. The van der Waals surface area contributed by atoms with E-state index in [1.165, 1.54) is 0 Å². The molecule has 108 valence electrons. The molecule has 0 saturated carbocycles. The Kier molecular flexibility index (Phi) is 8.04. The number of hydrogen-bond donors (Lipinski definition) is 0. The molecule has 6 heteroatoms. The Morgan fingerprint density at radius 2 is 1.61 bits per heavy atom. The predicted molar refractivity (Wildman–Crippen MR) is 70.6 cm³/mol. The lowest BCUT2D eigenvalue weighted by Gasteiger charge is -2.28. The van der Waals surface area contributed by atoms with Gasteiger partial charge in [0.05, 0.1) is 13.2 Å². The van der Waals surface area contributed by atoms with Crippen molar-refractivity contribution in [2.45, 2.75) is 39.3 Å². The first kappa shape index (κ1) is 16.1. The first-order chi connectivity index (χ1) is 8.76. The molecule has 0 aromatic carbocycles. The summed E-state index contributed by atoms with van der Waals surface area (Å²) in [5, 5.41) is 0. The molecule has 0 unspecified atom stereocenters. The SMILES string of the molecule is CCO[Si](CCCOC[C@H]1CO1)(OCC)OCC. The Bertz CT molecular complexity index is 194. The monoisotopic (exact) mass is 278 g/mol. The second-order valence-corrected chi connectivity index (χ2v) is 6.85. The van der Waals surface area contributed by atoms with Crippen LogP contribution >= 0.6 is 0 Å². The van der Waals surface area contributed by atoms with Crippen LogP contribution in [0.5, 0.6) is 0 Å². The lowest BCUT2D eigenvalue weighted by Crippen LogP contribution is -2.46. The summed E-state index contributed by atoms with van der Waals surface area (Å²) in [5.74, 6) is 0. The van der Waals surface area contributed by atoms with Crippen LogP contribution in [0.4, 0.5) is 0 Å². The molecule has 1 saturated heterocycles. The van der Waals surface area contributed by atoms with Crippen LogP contribution in [0.25, 0.3) is 0 Å². The minimum absolute atomic E-state index is 0.331. The van der Waals surface area contributed by atoms with Crippen LogP contribution < -0.4 is 0 Å². The average Bonchev–Trinajstić information content (AvgIpc) is 3.14. The highest BCUT2D eigenvalue weighted by Crippen LogP contribution is 2.18. The van der Waals surface area contributed by atoms with E-state index in [1.807, 2.05) is 20.8 Å². The summed E-state index contributed by atoms with van der Waals surface area (Å²) in [4.78, 5) is 0. The zero-order valence-electron chi connectivity index (χ0n) is 11.8. The molecular formula is C12H26O5Si. The number of rotatable bonds is 12. The molecule has 1 aliphatic heterocycles. The van der Waals surface area contributed by atoms with Gasteiger partial charge in [0, 0.05) is 32.5 Å². The predicted octanol–water partition coefficient (Wildman–Crippen LogP) is 1.84. The highest BCUT2D eigenvalue weighted by molar-refractivity contribution is 6.60. The van der Waals surface area contributed by atoms with E-state index < -0.39 is 8.80 Å². The van der Waals surface area contributed by atoms with Gasteiger partial charge in [-0.15, -0.1) is 0 Å². The van der Waals surface area contributed by atoms with Crippen LogP contribution in [-0.2, 0) is 22.8 Å². The molecule has 0 spiro atoms. The van der Waals surface area contributed by atoms with Crippen LogP contribution in [0.2, 0.25) is 6.04 Å². The van der Waals surface area contributed by atoms with Gasteiger partial charge in [0.1, 0.15) is 6.10 Å². The number of ether oxygens (including phenoxy) is 2. The molecule has 1 fully saturated rings. The summed E-state index contributed by atoms with van der Waals surface area (Å²) in [6.07, 6.45) is 1.23. The van der Waals surface area contributed by atoms with Crippen molar-refractivity contribution in [2.75, 3.05) is 39.6 Å². The Labute approximate surface area is 111 Å². The summed E-state index contributed by atoms with van der Waals surface area (Å²) >= 11 is 0. The summed E-state index contributed by atoms with van der Waals surface area (Å²) in [5.41, 5.74) is 0. The lowest BCUT2D eigenvalue weighted by molar-refractivity contribution is 0.0648. The first-order valence-corrected chi connectivity index (χ1v) is 8.80. The van der Waals surface area contributed by atoms with E-state index in [9.17, 15) is 0 Å². The Balaban J connectivity index is 2.22. The van der Waals surface area contributed by atoms with Crippen molar-refractivity contribution < 1.29 is 22.8 Å². The highest BCUT2D eigenvalue weighted by Gasteiger charge is 2.39. The minimum Gasteiger partial charge on any atom is -0.379 e. The lowest BCUT2D eigenvalue weighted by atomic mass is 10.5. The Hall–Kier alpha value is 0.0169. The van der Waals surface area contributed by atoms with E-state index in [2.05, 4.69) is 0 Å². The normalized spacial score (nSPS) is 19.2. The molecule has 1 atom stereocenters. The molecule has 1 heterocycles. The molecule has 0 radical (unpaired) electrons. The van der Waals surface area contributed by atoms with Crippen molar-refractivity contribution in [3.63, 3.8) is 0 Å². The number of hydrogen-bond acceptors (Lipinski definition) is 5. The Morgan fingerprint density at radius 3 is 2.06 bits per heavy atom. The van der Waals surface area contributed by atoms with E-state index in [0.29, 0.717) is 39.1 Å². The summed E-state index contributed by atoms with van der Waals surface area (Å²) in [6, 6.07) is 0.814. The van der Waals surface area contributed by atoms with Crippen molar-refractivity contribution >= 4 is 8.80 Å². The third-order valence-corrected chi connectivity index (χ3v) is 5.72. The maximum Gasteiger partial charge on any atom is 0.501 e. The van der Waals surface area contributed by atoms with Gasteiger partial charge in [-0.05, 0) is 27.2 Å². The quantitative estimate of drug-likeness (QED) is 0.310. The molecule has 0 N–H and O–H groups in total. The van der Waals surface area contributed by atoms with Crippen molar-refractivity contribution in [1.82, 2.24) is 0 Å². The van der Waals surface area contributed by atoms with Gasteiger partial charge in [-0.1, -0.05) is 0 Å². The third kappa shape index (κ3) is 6.26. The zero-order valence-corrected chi connectivity index (χ0v) is 12.8. The number of epoxide rings is 1. The van der Waals surface area contributed by atoms with Gasteiger partial charge in [-0.3, -0.25) is 0 Å². The molecule has 0 bridgehead atoms. The van der Waals surface area contributed by atoms with Crippen LogP contribution in [0, 0.1) is 0 Å². The van der Waals surface area contributed by atoms with Gasteiger partial charge in [0.15, 0.2) is 0 Å². The largest absolute Gasteiger partial charge is 0.501 e. The fraction of sp³-hybridized carbons (Fsp3) is 1.00. The van der Waals surface area contributed by atoms with E-state index in [1.54, 1.807) is 0 Å². The van der Waals surface area contributed by atoms with Gasteiger partial charge in [0.2, 0.25) is 0 Å².